The second-order valence-corrected chi connectivity index (χ2v) is 15.8. The van der Waals surface area contributed by atoms with Gasteiger partial charge in [0.2, 0.25) is 0 Å². The SMILES string of the molecule is O=C1[O][Sn]2([O]C(=O)C(Cc3ccccc3)=C1Cc1ccccc1)[O]C(=O)C(Cc1ccccc1)=C(Cc1ccccc1)C(=O)[O]2. The minimum atomic E-state index is -6.05. The van der Waals surface area contributed by atoms with Crippen molar-refractivity contribution in [3.8, 4) is 0 Å². The van der Waals surface area contributed by atoms with E-state index in [2.05, 4.69) is 0 Å². The Morgan fingerprint density at radius 1 is 0.333 bits per heavy atom. The first-order chi connectivity index (χ1) is 21.9. The summed E-state index contributed by atoms with van der Waals surface area (Å²) < 4.78 is 23.0. The Balaban J connectivity index is 1.37. The van der Waals surface area contributed by atoms with E-state index in [4.69, 9.17) is 12.3 Å². The molecule has 0 saturated heterocycles. The molecule has 4 aromatic carbocycles. The van der Waals surface area contributed by atoms with E-state index in [1.807, 2.05) is 121 Å². The average Bonchev–Trinajstić information content (AvgIpc) is 3.20. The van der Waals surface area contributed by atoms with Crippen LogP contribution >= 0.6 is 0 Å². The van der Waals surface area contributed by atoms with Crippen LogP contribution in [0.1, 0.15) is 22.3 Å². The number of hydrogen-bond acceptors (Lipinski definition) is 8. The fraction of sp³-hybridized carbons (Fsp3) is 0.111. The molecule has 0 atom stereocenters. The van der Waals surface area contributed by atoms with Crippen molar-refractivity contribution in [3.05, 3.63) is 166 Å². The molecule has 224 valence electrons. The van der Waals surface area contributed by atoms with E-state index >= 15 is 0 Å². The van der Waals surface area contributed by atoms with E-state index in [0.717, 1.165) is 22.3 Å². The minimum absolute atomic E-state index is 0.0435. The molecule has 0 N–H and O–H groups in total. The van der Waals surface area contributed by atoms with Gasteiger partial charge in [-0.05, 0) is 0 Å². The van der Waals surface area contributed by atoms with Crippen LogP contribution in [-0.4, -0.2) is 43.9 Å². The molecule has 0 saturated carbocycles. The maximum atomic E-state index is 13.9. The van der Waals surface area contributed by atoms with Crippen molar-refractivity contribution in [1.82, 2.24) is 0 Å². The molecule has 0 aromatic heterocycles. The molecule has 0 amide bonds. The number of carbonyl (C=O) groups excluding carboxylic acids is 4. The van der Waals surface area contributed by atoms with Gasteiger partial charge in [0.15, 0.2) is 0 Å². The van der Waals surface area contributed by atoms with Gasteiger partial charge in [-0.15, -0.1) is 0 Å². The fourth-order valence-electron chi connectivity index (χ4n) is 5.23. The summed E-state index contributed by atoms with van der Waals surface area (Å²) in [5.74, 6) is -3.71. The molecule has 2 aliphatic rings. The Kier molecular flexibility index (Phi) is 8.93. The molecule has 4 aromatic rings. The summed E-state index contributed by atoms with van der Waals surface area (Å²) in [4.78, 5) is 55.4. The van der Waals surface area contributed by atoms with Gasteiger partial charge < -0.3 is 0 Å². The molecular weight excluding hydrogens is 679 g/mol. The van der Waals surface area contributed by atoms with Crippen LogP contribution in [0.3, 0.4) is 0 Å². The Bertz CT molecular complexity index is 1530. The molecule has 8 nitrogen and oxygen atoms in total. The standard InChI is InChI=1S/2C18H16O4.Sn/c2*19-17(20)15(11-13-7-3-1-4-8-13)16(18(21)22)12-14-9-5-2-6-10-14;/h2*1-10H,11-12H2,(H,19,20)(H,21,22);/q;;+4/p-4. The molecule has 9 heteroatoms. The van der Waals surface area contributed by atoms with Crippen LogP contribution in [0.2, 0.25) is 0 Å². The van der Waals surface area contributed by atoms with Gasteiger partial charge in [0.25, 0.3) is 0 Å². The second kappa shape index (κ2) is 13.4. The molecule has 0 bridgehead atoms. The van der Waals surface area contributed by atoms with Crippen LogP contribution in [0.4, 0.5) is 0 Å². The van der Waals surface area contributed by atoms with E-state index in [1.165, 1.54) is 0 Å². The quantitative estimate of drug-likeness (QED) is 0.231. The van der Waals surface area contributed by atoms with Crippen molar-refractivity contribution in [2.45, 2.75) is 25.7 Å². The summed E-state index contributed by atoms with van der Waals surface area (Å²) >= 11 is -6.05. The van der Waals surface area contributed by atoms with Gasteiger partial charge in [-0.3, -0.25) is 0 Å². The van der Waals surface area contributed by atoms with E-state index in [0.29, 0.717) is 0 Å². The van der Waals surface area contributed by atoms with Crippen LogP contribution in [0, 0.1) is 0 Å². The molecule has 6 rings (SSSR count). The summed E-state index contributed by atoms with van der Waals surface area (Å²) in [6.45, 7) is 0. The summed E-state index contributed by atoms with van der Waals surface area (Å²) in [5.41, 5.74) is 3.18. The van der Waals surface area contributed by atoms with Crippen molar-refractivity contribution in [3.63, 3.8) is 0 Å². The third-order valence-corrected chi connectivity index (χ3v) is 12.5. The van der Waals surface area contributed by atoms with Gasteiger partial charge in [0.1, 0.15) is 0 Å². The molecule has 0 fully saturated rings. The average molecular weight is 707 g/mol. The van der Waals surface area contributed by atoms with Crippen LogP contribution in [0.15, 0.2) is 144 Å². The monoisotopic (exact) mass is 708 g/mol. The van der Waals surface area contributed by atoms with Crippen molar-refractivity contribution in [2.24, 2.45) is 0 Å². The first kappa shape index (κ1) is 30.1. The summed E-state index contributed by atoms with van der Waals surface area (Å²) in [6.07, 6.45) is 0.212. The number of benzene rings is 4. The zero-order valence-electron chi connectivity index (χ0n) is 24.1. The topological polar surface area (TPSA) is 105 Å². The number of rotatable bonds is 8. The molecule has 1 spiro atoms. The molecule has 0 aliphatic carbocycles. The Hall–Kier alpha value is -4.96. The molecular formula is C36H28O8Sn. The molecule has 0 unspecified atom stereocenters. The van der Waals surface area contributed by atoms with E-state index in [-0.39, 0.29) is 48.0 Å². The van der Waals surface area contributed by atoms with Gasteiger partial charge in [0, 0.05) is 0 Å². The third-order valence-electron chi connectivity index (χ3n) is 7.48. The Morgan fingerprint density at radius 2 is 0.533 bits per heavy atom. The predicted octanol–water partition coefficient (Wildman–Crippen LogP) is 5.19. The van der Waals surface area contributed by atoms with Gasteiger partial charge in [-0.2, -0.15) is 0 Å². The van der Waals surface area contributed by atoms with Crippen molar-refractivity contribution in [1.29, 1.82) is 0 Å². The Morgan fingerprint density at radius 3 is 0.733 bits per heavy atom. The van der Waals surface area contributed by atoms with Crippen LogP contribution in [-0.2, 0) is 57.2 Å². The van der Waals surface area contributed by atoms with E-state index in [1.54, 1.807) is 0 Å². The Labute approximate surface area is 266 Å². The zero-order valence-corrected chi connectivity index (χ0v) is 27.0. The summed E-state index contributed by atoms with van der Waals surface area (Å²) in [5, 5.41) is 0. The second-order valence-electron chi connectivity index (χ2n) is 10.6. The van der Waals surface area contributed by atoms with Crippen LogP contribution in [0.25, 0.3) is 0 Å². The van der Waals surface area contributed by atoms with Gasteiger partial charge in [-0.25, -0.2) is 0 Å². The molecule has 0 radical (unpaired) electrons. The van der Waals surface area contributed by atoms with Crippen molar-refractivity contribution < 1.29 is 31.5 Å². The third kappa shape index (κ3) is 7.07. The van der Waals surface area contributed by atoms with Crippen molar-refractivity contribution >= 4 is 43.9 Å². The zero-order chi connectivity index (χ0) is 31.2. The van der Waals surface area contributed by atoms with Crippen LogP contribution in [0.5, 0.6) is 0 Å². The van der Waals surface area contributed by atoms with Crippen molar-refractivity contribution in [2.75, 3.05) is 0 Å². The molecule has 45 heavy (non-hydrogen) atoms. The maximum absolute atomic E-state index is 13.9. The number of hydrogen-bond donors (Lipinski definition) is 0. The van der Waals surface area contributed by atoms with Crippen LogP contribution < -0.4 is 0 Å². The van der Waals surface area contributed by atoms with E-state index < -0.39 is 43.9 Å². The molecule has 2 heterocycles. The summed E-state index contributed by atoms with van der Waals surface area (Å²) in [7, 11) is 0. The number of carbonyl (C=O) groups is 4. The normalized spacial score (nSPS) is 16.4. The van der Waals surface area contributed by atoms with Gasteiger partial charge in [-0.1, -0.05) is 0 Å². The van der Waals surface area contributed by atoms with Gasteiger partial charge in [0.05, 0.1) is 0 Å². The van der Waals surface area contributed by atoms with Gasteiger partial charge >= 0.3 is 267 Å². The summed E-state index contributed by atoms with van der Waals surface area (Å²) in [6, 6.07) is 36.4. The fourth-order valence-corrected chi connectivity index (χ4v) is 9.95. The van der Waals surface area contributed by atoms with E-state index in [9.17, 15) is 19.2 Å². The molecule has 2 aliphatic heterocycles. The first-order valence-corrected chi connectivity index (χ1v) is 19.1. The predicted molar refractivity (Wildman–Crippen MR) is 165 cm³/mol. The first-order valence-electron chi connectivity index (χ1n) is 14.4.